The van der Waals surface area contributed by atoms with Crippen LogP contribution in [0.3, 0.4) is 0 Å². The van der Waals surface area contributed by atoms with Crippen molar-refractivity contribution in [2.45, 2.75) is 19.4 Å². The van der Waals surface area contributed by atoms with E-state index in [9.17, 15) is 14.9 Å². The third-order valence-electron chi connectivity index (χ3n) is 5.07. The molecule has 0 aliphatic rings. The van der Waals surface area contributed by atoms with E-state index in [2.05, 4.69) is 4.98 Å². The summed E-state index contributed by atoms with van der Waals surface area (Å²) in [7, 11) is 0. The Kier molecular flexibility index (Phi) is 6.75. The number of carbonyl (C=O) groups excluding carboxylic acids is 1. The molecule has 1 amide bonds. The zero-order chi connectivity index (χ0) is 24.2. The van der Waals surface area contributed by atoms with Crippen LogP contribution in [0.4, 0.5) is 5.69 Å². The molecule has 0 fully saturated rings. The third kappa shape index (κ3) is 4.85. The Hall–Kier alpha value is -3.96. The van der Waals surface area contributed by atoms with Crippen molar-refractivity contribution in [2.24, 2.45) is 5.73 Å². The summed E-state index contributed by atoms with van der Waals surface area (Å²) in [6, 6.07) is 11.7. The third-order valence-corrected chi connectivity index (χ3v) is 6.21. The van der Waals surface area contributed by atoms with E-state index < -0.39 is 16.9 Å². The summed E-state index contributed by atoms with van der Waals surface area (Å²) in [6.45, 7) is 1.78. The second-order valence-corrected chi connectivity index (χ2v) is 8.56. The first-order valence-corrected chi connectivity index (χ1v) is 11.2. The zero-order valence-corrected chi connectivity index (χ0v) is 19.0. The molecule has 0 spiro atoms. The molecule has 0 aliphatic heterocycles. The highest BCUT2D eigenvalue weighted by Gasteiger charge is 2.23. The van der Waals surface area contributed by atoms with Gasteiger partial charge in [0.25, 0.3) is 5.69 Å². The van der Waals surface area contributed by atoms with Crippen molar-refractivity contribution in [1.82, 2.24) is 9.38 Å². The first-order valence-electron chi connectivity index (χ1n) is 10.4. The summed E-state index contributed by atoms with van der Waals surface area (Å²) in [5.74, 6) is 0.470. The van der Waals surface area contributed by atoms with Crippen LogP contribution in [-0.2, 0) is 11.2 Å². The lowest BCUT2D eigenvalue weighted by Crippen LogP contribution is -2.14. The van der Waals surface area contributed by atoms with Gasteiger partial charge in [0.05, 0.1) is 51.4 Å². The standard InChI is InChI=1S/C23H22N4O6S/c1-14(16-4-2-3-5-17(16)27(30)31)33-19-10-20(34-21(19)11-22(24)29)18-12-25-23-7-6-15(13-26(18)23)32-9-8-28/h2-7,10,12-14,28H,8-9,11H2,1H3,(H2,24,29). The minimum absolute atomic E-state index is 0.0365. The second-order valence-electron chi connectivity index (χ2n) is 7.43. The van der Waals surface area contributed by atoms with Gasteiger partial charge in [-0.2, -0.15) is 0 Å². The fourth-order valence-corrected chi connectivity index (χ4v) is 4.67. The highest BCUT2D eigenvalue weighted by molar-refractivity contribution is 7.15. The number of fused-ring (bicyclic) bond motifs is 1. The molecule has 0 bridgehead atoms. The molecule has 3 N–H and O–H groups in total. The SMILES string of the molecule is CC(Oc1cc(-c2cnc3ccc(OCCO)cn23)sc1CC(N)=O)c1ccccc1[N+](=O)[O-]. The fraction of sp³-hybridized carbons (Fsp3) is 0.217. The molecule has 4 rings (SSSR count). The average molecular weight is 483 g/mol. The maximum Gasteiger partial charge on any atom is 0.276 e. The van der Waals surface area contributed by atoms with Gasteiger partial charge in [0.15, 0.2) is 0 Å². The van der Waals surface area contributed by atoms with E-state index in [1.54, 1.807) is 55.7 Å². The predicted octanol–water partition coefficient (Wildman–Crippen LogP) is 3.51. The smallest absolute Gasteiger partial charge is 0.276 e. The molecular weight excluding hydrogens is 460 g/mol. The minimum Gasteiger partial charge on any atom is -0.490 e. The molecular formula is C23H22N4O6S. The van der Waals surface area contributed by atoms with Crippen molar-refractivity contribution in [3.05, 3.63) is 75.4 Å². The van der Waals surface area contributed by atoms with Crippen molar-refractivity contribution in [2.75, 3.05) is 13.2 Å². The van der Waals surface area contributed by atoms with Crippen LogP contribution >= 0.6 is 11.3 Å². The van der Waals surface area contributed by atoms with Crippen LogP contribution in [0.25, 0.3) is 16.2 Å². The highest BCUT2D eigenvalue weighted by Crippen LogP contribution is 2.40. The van der Waals surface area contributed by atoms with Crippen LogP contribution in [-0.4, -0.2) is 38.5 Å². The summed E-state index contributed by atoms with van der Waals surface area (Å²) in [5, 5.41) is 20.4. The normalized spacial score (nSPS) is 11.9. The number of para-hydroxylation sites is 1. The van der Waals surface area contributed by atoms with Gasteiger partial charge < -0.3 is 20.3 Å². The second kappa shape index (κ2) is 9.89. The van der Waals surface area contributed by atoms with Gasteiger partial charge in [0.1, 0.15) is 29.9 Å². The van der Waals surface area contributed by atoms with Gasteiger partial charge in [-0.3, -0.25) is 19.3 Å². The van der Waals surface area contributed by atoms with E-state index in [0.29, 0.717) is 27.6 Å². The summed E-state index contributed by atoms with van der Waals surface area (Å²) in [5.41, 5.74) is 7.26. The number of benzene rings is 1. The summed E-state index contributed by atoms with van der Waals surface area (Å²) >= 11 is 1.33. The van der Waals surface area contributed by atoms with Gasteiger partial charge in [-0.25, -0.2) is 4.98 Å². The monoisotopic (exact) mass is 482 g/mol. The van der Waals surface area contributed by atoms with Crippen molar-refractivity contribution >= 4 is 28.6 Å². The van der Waals surface area contributed by atoms with Crippen molar-refractivity contribution in [3.8, 4) is 22.1 Å². The summed E-state index contributed by atoms with van der Waals surface area (Å²) in [6.07, 6.45) is 2.78. The molecule has 1 unspecified atom stereocenters. The number of primary amides is 1. The molecule has 1 aromatic carbocycles. The molecule has 0 aliphatic carbocycles. The quantitative estimate of drug-likeness (QED) is 0.260. The number of hydrogen-bond acceptors (Lipinski definition) is 8. The Bertz CT molecular complexity index is 1350. The van der Waals surface area contributed by atoms with Crippen molar-refractivity contribution < 1.29 is 24.3 Å². The molecule has 10 nitrogen and oxygen atoms in total. The van der Waals surface area contributed by atoms with Gasteiger partial charge in [0, 0.05) is 12.1 Å². The number of rotatable bonds is 10. The number of thiophene rings is 1. The number of pyridine rings is 1. The number of hydrogen-bond donors (Lipinski definition) is 2. The molecule has 3 aromatic heterocycles. The van der Waals surface area contributed by atoms with Gasteiger partial charge >= 0.3 is 0 Å². The maximum absolute atomic E-state index is 11.7. The van der Waals surface area contributed by atoms with Gasteiger partial charge in [-0.15, -0.1) is 11.3 Å². The molecule has 176 valence electrons. The number of aromatic nitrogens is 2. The number of nitrogens with zero attached hydrogens (tertiary/aromatic N) is 3. The Morgan fingerprint density at radius 3 is 2.85 bits per heavy atom. The lowest BCUT2D eigenvalue weighted by Gasteiger charge is -2.15. The summed E-state index contributed by atoms with van der Waals surface area (Å²) < 4.78 is 13.4. The number of aliphatic hydroxyl groups excluding tert-OH is 1. The van der Waals surface area contributed by atoms with Crippen LogP contribution in [0.15, 0.2) is 54.9 Å². The lowest BCUT2D eigenvalue weighted by molar-refractivity contribution is -0.386. The first-order chi connectivity index (χ1) is 16.4. The number of nitrogens with two attached hydrogens (primary N) is 1. The van der Waals surface area contributed by atoms with E-state index >= 15 is 0 Å². The van der Waals surface area contributed by atoms with E-state index in [4.69, 9.17) is 20.3 Å². The van der Waals surface area contributed by atoms with Crippen LogP contribution in [0, 0.1) is 10.1 Å². The van der Waals surface area contributed by atoms with Crippen LogP contribution in [0.1, 0.15) is 23.5 Å². The van der Waals surface area contributed by atoms with Gasteiger partial charge in [0.2, 0.25) is 5.91 Å². The number of nitro benzene ring substituents is 1. The Labute approximate surface area is 198 Å². The van der Waals surface area contributed by atoms with Crippen molar-refractivity contribution in [1.29, 1.82) is 0 Å². The molecule has 0 saturated heterocycles. The number of imidazole rings is 1. The van der Waals surface area contributed by atoms with Crippen LogP contribution in [0.5, 0.6) is 11.5 Å². The number of aliphatic hydroxyl groups is 1. The maximum atomic E-state index is 11.7. The average Bonchev–Trinajstić information content (AvgIpc) is 3.40. The number of carbonyl (C=O) groups is 1. The Balaban J connectivity index is 1.71. The molecule has 1 atom stereocenters. The van der Waals surface area contributed by atoms with E-state index in [0.717, 1.165) is 10.6 Å². The number of ether oxygens (including phenoxy) is 2. The first kappa shape index (κ1) is 23.2. The van der Waals surface area contributed by atoms with Gasteiger partial charge in [-0.05, 0) is 25.1 Å². The van der Waals surface area contributed by atoms with E-state index in [-0.39, 0.29) is 25.3 Å². The molecule has 11 heteroatoms. The molecule has 4 aromatic rings. The number of amides is 1. The fourth-order valence-electron chi connectivity index (χ4n) is 3.56. The Morgan fingerprint density at radius 2 is 2.12 bits per heavy atom. The molecule has 3 heterocycles. The Morgan fingerprint density at radius 1 is 1.32 bits per heavy atom. The zero-order valence-electron chi connectivity index (χ0n) is 18.2. The van der Waals surface area contributed by atoms with Gasteiger partial charge in [-0.1, -0.05) is 12.1 Å². The van der Waals surface area contributed by atoms with Crippen LogP contribution in [0.2, 0.25) is 0 Å². The largest absolute Gasteiger partial charge is 0.490 e. The number of nitro groups is 1. The molecule has 0 radical (unpaired) electrons. The lowest BCUT2D eigenvalue weighted by atomic mass is 10.1. The molecule has 0 saturated carbocycles. The van der Waals surface area contributed by atoms with E-state index in [1.165, 1.54) is 17.4 Å². The topological polar surface area (TPSA) is 142 Å². The highest BCUT2D eigenvalue weighted by atomic mass is 32.1. The predicted molar refractivity (Wildman–Crippen MR) is 126 cm³/mol. The summed E-state index contributed by atoms with van der Waals surface area (Å²) in [4.78, 5) is 28.5. The van der Waals surface area contributed by atoms with E-state index in [1.807, 2.05) is 4.40 Å². The van der Waals surface area contributed by atoms with Crippen molar-refractivity contribution in [3.63, 3.8) is 0 Å². The minimum atomic E-state index is -0.642. The molecule has 34 heavy (non-hydrogen) atoms. The van der Waals surface area contributed by atoms with Crippen LogP contribution < -0.4 is 15.2 Å².